The number of hydrogen-bond acceptors (Lipinski definition) is 2. The van der Waals surface area contributed by atoms with E-state index in [1.165, 1.54) is 13.0 Å². The van der Waals surface area contributed by atoms with Crippen molar-refractivity contribution in [2.24, 2.45) is 0 Å². The smallest absolute Gasteiger partial charge is 0.336 e. The summed E-state index contributed by atoms with van der Waals surface area (Å²) in [6.45, 7) is 2.54. The van der Waals surface area contributed by atoms with Gasteiger partial charge in [-0.1, -0.05) is 13.0 Å². The van der Waals surface area contributed by atoms with Crippen LogP contribution < -0.4 is 0 Å². The monoisotopic (exact) mass is 230 g/mol. The number of carboxylic acid groups (broad SMARTS) is 1. The molecule has 0 radical (unpaired) electrons. The van der Waals surface area contributed by atoms with Crippen LogP contribution in [0.3, 0.4) is 0 Å². The molecule has 1 rings (SSSR count). The van der Waals surface area contributed by atoms with Gasteiger partial charge in [0.05, 0.1) is 0 Å². The van der Waals surface area contributed by atoms with E-state index in [-0.39, 0.29) is 5.56 Å². The summed E-state index contributed by atoms with van der Waals surface area (Å²) in [5.74, 6) is -4.33. The minimum atomic E-state index is -2.02. The van der Waals surface area contributed by atoms with Crippen molar-refractivity contribution >= 4 is 5.97 Å². The molecular weight excluding hydrogens is 218 g/mol. The van der Waals surface area contributed by atoms with Crippen molar-refractivity contribution in [2.75, 3.05) is 0 Å². The van der Waals surface area contributed by atoms with Crippen LogP contribution in [0.4, 0.5) is 8.78 Å². The molecule has 0 aliphatic heterocycles. The lowest BCUT2D eigenvalue weighted by molar-refractivity contribution is -0.158. The Labute approximate surface area is 91.3 Å². The molecule has 0 aliphatic carbocycles. The van der Waals surface area contributed by atoms with Gasteiger partial charge in [-0.05, 0) is 24.6 Å². The Balaban J connectivity index is 3.10. The zero-order valence-electron chi connectivity index (χ0n) is 8.87. The molecule has 1 aromatic carbocycles. The molecule has 3 nitrogen and oxygen atoms in total. The van der Waals surface area contributed by atoms with Crippen LogP contribution in [-0.4, -0.2) is 21.8 Å². The van der Waals surface area contributed by atoms with Gasteiger partial charge >= 0.3 is 5.97 Å². The van der Waals surface area contributed by atoms with Crippen LogP contribution in [0.2, 0.25) is 0 Å². The maximum atomic E-state index is 12.9. The lowest BCUT2D eigenvalue weighted by atomic mass is 9.85. The van der Waals surface area contributed by atoms with Gasteiger partial charge in [0.1, 0.15) is 0 Å². The predicted molar refractivity (Wildman–Crippen MR) is 53.0 cm³/mol. The summed E-state index contributed by atoms with van der Waals surface area (Å²) in [4.78, 5) is 10.8. The topological polar surface area (TPSA) is 57.5 Å². The molecule has 0 aromatic heterocycles. The first kappa shape index (κ1) is 12.6. The third-order valence-electron chi connectivity index (χ3n) is 2.72. The number of rotatable bonds is 3. The molecular formula is C11H12F2O3. The molecule has 2 N–H and O–H groups in total. The maximum absolute atomic E-state index is 12.9. The van der Waals surface area contributed by atoms with E-state index in [1.54, 1.807) is 0 Å². The van der Waals surface area contributed by atoms with Crippen LogP contribution in [-0.2, 0) is 4.79 Å². The second-order valence-corrected chi connectivity index (χ2v) is 3.85. The standard InChI is InChI=1S/C11H12F2O3/c1-6(11(2,16)10(14)15)7-3-4-8(12)9(13)5-7/h3-6,16H,1-2H3,(H,14,15). The highest BCUT2D eigenvalue weighted by Gasteiger charge is 2.37. The average Bonchev–Trinajstić information content (AvgIpc) is 2.20. The van der Waals surface area contributed by atoms with Gasteiger partial charge in [-0.2, -0.15) is 0 Å². The Morgan fingerprint density at radius 3 is 2.38 bits per heavy atom. The van der Waals surface area contributed by atoms with Crippen molar-refractivity contribution in [2.45, 2.75) is 25.4 Å². The highest BCUT2D eigenvalue weighted by Crippen LogP contribution is 2.28. The number of hydrogen-bond donors (Lipinski definition) is 2. The first-order chi connectivity index (χ1) is 7.26. The van der Waals surface area contributed by atoms with Crippen LogP contribution in [0.25, 0.3) is 0 Å². The fraction of sp³-hybridized carbons (Fsp3) is 0.364. The SMILES string of the molecule is CC(c1ccc(F)c(F)c1)C(C)(O)C(=O)O. The summed E-state index contributed by atoms with van der Waals surface area (Å²) in [5.41, 5.74) is -1.80. The second-order valence-electron chi connectivity index (χ2n) is 3.85. The second kappa shape index (κ2) is 4.17. The summed E-state index contributed by atoms with van der Waals surface area (Å²) < 4.78 is 25.6. The average molecular weight is 230 g/mol. The molecule has 0 saturated heterocycles. The van der Waals surface area contributed by atoms with Crippen molar-refractivity contribution < 1.29 is 23.8 Å². The maximum Gasteiger partial charge on any atom is 0.336 e. The Morgan fingerprint density at radius 2 is 1.94 bits per heavy atom. The van der Waals surface area contributed by atoms with Gasteiger partial charge in [-0.15, -0.1) is 0 Å². The van der Waals surface area contributed by atoms with Crippen molar-refractivity contribution in [3.63, 3.8) is 0 Å². The third-order valence-corrected chi connectivity index (χ3v) is 2.72. The highest BCUT2D eigenvalue weighted by atomic mass is 19.2. The molecule has 0 amide bonds. The molecule has 2 atom stereocenters. The minimum absolute atomic E-state index is 0.228. The van der Waals surface area contributed by atoms with E-state index in [4.69, 9.17) is 5.11 Å². The van der Waals surface area contributed by atoms with Crippen molar-refractivity contribution in [1.29, 1.82) is 0 Å². The van der Waals surface area contributed by atoms with Crippen molar-refractivity contribution in [1.82, 2.24) is 0 Å². The zero-order valence-corrected chi connectivity index (χ0v) is 8.87. The lowest BCUT2D eigenvalue weighted by Crippen LogP contribution is -2.40. The van der Waals surface area contributed by atoms with Crippen LogP contribution in [0.15, 0.2) is 18.2 Å². The first-order valence-electron chi connectivity index (χ1n) is 4.67. The molecule has 0 heterocycles. The summed E-state index contributed by atoms with van der Waals surface area (Å²) in [7, 11) is 0. The summed E-state index contributed by atoms with van der Waals surface area (Å²) >= 11 is 0. The van der Waals surface area contributed by atoms with Gasteiger partial charge in [0.15, 0.2) is 17.2 Å². The van der Waals surface area contributed by atoms with Crippen LogP contribution in [0, 0.1) is 11.6 Å². The van der Waals surface area contributed by atoms with E-state index in [1.807, 2.05) is 0 Å². The quantitative estimate of drug-likeness (QED) is 0.833. The van der Waals surface area contributed by atoms with Gasteiger partial charge in [-0.3, -0.25) is 0 Å². The van der Waals surface area contributed by atoms with Gasteiger partial charge in [-0.25, -0.2) is 13.6 Å². The van der Waals surface area contributed by atoms with Gasteiger partial charge in [0.25, 0.3) is 0 Å². The Bertz CT molecular complexity index is 416. The highest BCUT2D eigenvalue weighted by molar-refractivity contribution is 5.78. The summed E-state index contributed by atoms with van der Waals surface area (Å²) in [6.07, 6.45) is 0. The van der Waals surface area contributed by atoms with Gasteiger partial charge in [0.2, 0.25) is 0 Å². The van der Waals surface area contributed by atoms with Crippen LogP contribution in [0.1, 0.15) is 25.3 Å². The summed E-state index contributed by atoms with van der Waals surface area (Å²) in [6, 6.07) is 3.04. The Morgan fingerprint density at radius 1 is 1.38 bits per heavy atom. The van der Waals surface area contributed by atoms with E-state index >= 15 is 0 Å². The molecule has 16 heavy (non-hydrogen) atoms. The van der Waals surface area contributed by atoms with E-state index in [9.17, 15) is 18.7 Å². The Hall–Kier alpha value is -1.49. The van der Waals surface area contributed by atoms with Gasteiger partial charge in [0, 0.05) is 5.92 Å². The zero-order chi connectivity index (χ0) is 12.5. The molecule has 0 spiro atoms. The molecule has 5 heteroatoms. The summed E-state index contributed by atoms with van der Waals surface area (Å²) in [5, 5.41) is 18.4. The molecule has 0 saturated carbocycles. The fourth-order valence-electron chi connectivity index (χ4n) is 1.29. The van der Waals surface area contributed by atoms with E-state index in [0.717, 1.165) is 19.1 Å². The number of carbonyl (C=O) groups is 1. The largest absolute Gasteiger partial charge is 0.479 e. The van der Waals surface area contributed by atoms with Crippen molar-refractivity contribution in [3.05, 3.63) is 35.4 Å². The molecule has 0 bridgehead atoms. The number of aliphatic hydroxyl groups is 1. The first-order valence-corrected chi connectivity index (χ1v) is 4.67. The fourth-order valence-corrected chi connectivity index (χ4v) is 1.29. The normalized spacial score (nSPS) is 16.6. The molecule has 1 aromatic rings. The number of halogens is 2. The molecule has 0 aliphatic rings. The number of benzene rings is 1. The van der Waals surface area contributed by atoms with Crippen molar-refractivity contribution in [3.8, 4) is 0 Å². The third kappa shape index (κ3) is 2.19. The van der Waals surface area contributed by atoms with Crippen LogP contribution in [0.5, 0.6) is 0 Å². The van der Waals surface area contributed by atoms with E-state index < -0.39 is 29.1 Å². The Kier molecular flexibility index (Phi) is 3.28. The van der Waals surface area contributed by atoms with E-state index in [0.29, 0.717) is 0 Å². The molecule has 2 unspecified atom stereocenters. The van der Waals surface area contributed by atoms with E-state index in [2.05, 4.69) is 0 Å². The minimum Gasteiger partial charge on any atom is -0.479 e. The van der Waals surface area contributed by atoms with Crippen LogP contribution >= 0.6 is 0 Å². The molecule has 88 valence electrons. The molecule has 0 fully saturated rings. The predicted octanol–water partition coefficient (Wildman–Crippen LogP) is 1.90. The number of carboxylic acids is 1. The number of aliphatic carboxylic acids is 1. The lowest BCUT2D eigenvalue weighted by Gasteiger charge is -2.26. The van der Waals surface area contributed by atoms with Gasteiger partial charge < -0.3 is 10.2 Å².